The van der Waals surface area contributed by atoms with Crippen LogP contribution in [0.1, 0.15) is 85.5 Å². The third-order valence-electron chi connectivity index (χ3n) is 4.61. The third-order valence-corrected chi connectivity index (χ3v) is 5.69. The molecule has 0 rings (SSSR count). The number of carbonyl (C=O) groups excluding carboxylic acids is 2. The maximum Gasteiger partial charge on any atom is 0.327 e. The maximum atomic E-state index is 12.1. The number of rotatable bonds is 16. The van der Waals surface area contributed by atoms with E-state index in [4.69, 9.17) is 9.47 Å². The van der Waals surface area contributed by atoms with Crippen LogP contribution in [-0.4, -0.2) is 43.4 Å². The zero-order valence-electron chi connectivity index (χ0n) is 17.8. The van der Waals surface area contributed by atoms with Crippen molar-refractivity contribution in [2.24, 2.45) is 11.8 Å². The van der Waals surface area contributed by atoms with Gasteiger partial charge in [0, 0.05) is 0 Å². The summed E-state index contributed by atoms with van der Waals surface area (Å²) < 4.78 is 42.5. The fraction of sp³-hybridized carbons (Fsp3) is 0.900. The number of carbonyl (C=O) groups is 2. The van der Waals surface area contributed by atoms with Crippen LogP contribution >= 0.6 is 0 Å². The van der Waals surface area contributed by atoms with Crippen LogP contribution in [0.25, 0.3) is 0 Å². The zero-order chi connectivity index (χ0) is 21.6. The first kappa shape index (κ1) is 26.9. The van der Waals surface area contributed by atoms with Crippen molar-refractivity contribution >= 4 is 22.1 Å². The van der Waals surface area contributed by atoms with Gasteiger partial charge in [-0.15, -0.1) is 0 Å². The van der Waals surface area contributed by atoms with Gasteiger partial charge in [0.15, 0.2) is 5.25 Å². The highest BCUT2D eigenvalue weighted by molar-refractivity contribution is 7.87. The molecule has 0 heterocycles. The van der Waals surface area contributed by atoms with Gasteiger partial charge < -0.3 is 9.47 Å². The van der Waals surface area contributed by atoms with Crippen molar-refractivity contribution in [3.63, 3.8) is 0 Å². The van der Waals surface area contributed by atoms with Crippen LogP contribution in [0, 0.1) is 11.8 Å². The Kier molecular flexibility index (Phi) is 14.2. The van der Waals surface area contributed by atoms with Crippen molar-refractivity contribution in [3.05, 3.63) is 0 Å². The summed E-state index contributed by atoms with van der Waals surface area (Å²) in [5.74, 6) is -1.72. The van der Waals surface area contributed by atoms with E-state index in [0.29, 0.717) is 0 Å². The second kappa shape index (κ2) is 14.8. The van der Waals surface area contributed by atoms with E-state index >= 15 is 0 Å². The molecule has 0 saturated heterocycles. The molecule has 0 bridgehead atoms. The van der Waals surface area contributed by atoms with Gasteiger partial charge in [-0.2, -0.15) is 8.42 Å². The molecule has 0 aromatic heterocycles. The summed E-state index contributed by atoms with van der Waals surface area (Å²) in [5.41, 5.74) is 0. The molecule has 28 heavy (non-hydrogen) atoms. The highest BCUT2D eigenvalue weighted by atomic mass is 32.2. The van der Waals surface area contributed by atoms with E-state index in [1.807, 2.05) is 13.8 Å². The lowest BCUT2D eigenvalue weighted by molar-refractivity contribution is -0.151. The molecule has 0 aromatic rings. The van der Waals surface area contributed by atoms with Gasteiger partial charge in [0.2, 0.25) is 0 Å². The number of unbranched alkanes of at least 4 members (excludes halogenated alkanes) is 4. The number of hydrogen-bond acceptors (Lipinski definition) is 6. The Labute approximate surface area is 170 Å². The van der Waals surface area contributed by atoms with Crippen molar-refractivity contribution in [3.8, 4) is 0 Å². The molecule has 7 nitrogen and oxygen atoms in total. The average Bonchev–Trinajstić information content (AvgIpc) is 2.62. The molecule has 0 aliphatic rings. The molecule has 166 valence electrons. The van der Waals surface area contributed by atoms with Crippen LogP contribution < -0.4 is 0 Å². The van der Waals surface area contributed by atoms with Crippen LogP contribution in [0.3, 0.4) is 0 Å². The van der Waals surface area contributed by atoms with Gasteiger partial charge in [0.05, 0.1) is 19.6 Å². The Hall–Kier alpha value is -1.15. The standard InChI is InChI=1S/C20H38O7S/c1-5-7-9-11-16(3)14-26-19(21)13-18(28(23,24)25)20(22)27-15-17(4)12-10-8-6-2/h16-18H,5-15H2,1-4H3,(H,23,24,25). The van der Waals surface area contributed by atoms with Gasteiger partial charge >= 0.3 is 11.9 Å². The molecule has 0 saturated carbocycles. The van der Waals surface area contributed by atoms with Crippen LogP contribution in [0.15, 0.2) is 0 Å². The quantitative estimate of drug-likeness (QED) is 0.226. The highest BCUT2D eigenvalue weighted by Crippen LogP contribution is 2.14. The summed E-state index contributed by atoms with van der Waals surface area (Å²) in [6, 6.07) is 0. The largest absolute Gasteiger partial charge is 0.465 e. The van der Waals surface area contributed by atoms with Crippen molar-refractivity contribution in [2.45, 2.75) is 90.7 Å². The number of hydrogen-bond donors (Lipinski definition) is 1. The zero-order valence-corrected chi connectivity index (χ0v) is 18.6. The summed E-state index contributed by atoms with van der Waals surface area (Å²) >= 11 is 0. The second-order valence-corrected chi connectivity index (χ2v) is 9.32. The minimum absolute atomic E-state index is 0.0536. The highest BCUT2D eigenvalue weighted by Gasteiger charge is 2.35. The molecule has 0 fully saturated rings. The summed E-state index contributed by atoms with van der Waals surface area (Å²) in [4.78, 5) is 24.0. The molecule has 3 atom stereocenters. The van der Waals surface area contributed by atoms with Crippen molar-refractivity contribution in [1.29, 1.82) is 0 Å². The van der Waals surface area contributed by atoms with Gasteiger partial charge in [-0.05, 0) is 24.7 Å². The summed E-state index contributed by atoms with van der Waals surface area (Å²) in [6.07, 6.45) is 7.41. The van der Waals surface area contributed by atoms with E-state index < -0.39 is 33.7 Å². The van der Waals surface area contributed by atoms with Gasteiger partial charge in [0.25, 0.3) is 10.1 Å². The van der Waals surface area contributed by atoms with E-state index in [1.165, 1.54) is 0 Å². The normalized spacial score (nSPS) is 14.9. The summed E-state index contributed by atoms with van der Waals surface area (Å²) in [7, 11) is -4.76. The van der Waals surface area contributed by atoms with Crippen molar-refractivity contribution in [1.82, 2.24) is 0 Å². The van der Waals surface area contributed by atoms with Crippen LogP contribution in [0.5, 0.6) is 0 Å². The van der Waals surface area contributed by atoms with Crippen LogP contribution in [0.2, 0.25) is 0 Å². The van der Waals surface area contributed by atoms with Crippen LogP contribution in [0.4, 0.5) is 0 Å². The van der Waals surface area contributed by atoms with Gasteiger partial charge in [-0.3, -0.25) is 14.1 Å². The maximum absolute atomic E-state index is 12.1. The SMILES string of the molecule is CCCCCC(C)COC(=O)CC(C(=O)OCC(C)CCCCC)S(=O)(=O)O. The fourth-order valence-corrected chi connectivity index (χ4v) is 3.38. The first-order chi connectivity index (χ1) is 13.1. The Balaban J connectivity index is 4.50. The average molecular weight is 423 g/mol. The fourth-order valence-electron chi connectivity index (χ4n) is 2.73. The molecule has 0 aromatic carbocycles. The lowest BCUT2D eigenvalue weighted by atomic mass is 10.0. The molecule has 1 N–H and O–H groups in total. The third kappa shape index (κ3) is 13.1. The van der Waals surface area contributed by atoms with Gasteiger partial charge in [-0.1, -0.05) is 66.2 Å². The van der Waals surface area contributed by atoms with Gasteiger partial charge in [0.1, 0.15) is 0 Å². The molecular formula is C20H38O7S. The van der Waals surface area contributed by atoms with E-state index in [9.17, 15) is 22.6 Å². The number of ether oxygens (including phenoxy) is 2. The van der Waals surface area contributed by atoms with Crippen LogP contribution in [-0.2, 0) is 29.2 Å². The lowest BCUT2D eigenvalue weighted by Crippen LogP contribution is -2.35. The predicted octanol–water partition coefficient (Wildman–Crippen LogP) is 4.15. The monoisotopic (exact) mass is 422 g/mol. The smallest absolute Gasteiger partial charge is 0.327 e. The molecule has 3 unspecified atom stereocenters. The predicted molar refractivity (Wildman–Crippen MR) is 108 cm³/mol. The summed E-state index contributed by atoms with van der Waals surface area (Å²) in [6.45, 7) is 8.25. The Bertz CT molecular complexity index is 545. The van der Waals surface area contributed by atoms with E-state index in [0.717, 1.165) is 51.4 Å². The van der Waals surface area contributed by atoms with E-state index in [2.05, 4.69) is 13.8 Å². The molecule has 8 heteroatoms. The lowest BCUT2D eigenvalue weighted by Gasteiger charge is -2.17. The van der Waals surface area contributed by atoms with Gasteiger partial charge in [-0.25, -0.2) is 0 Å². The molecule has 0 amide bonds. The molecular weight excluding hydrogens is 384 g/mol. The molecule has 0 radical (unpaired) electrons. The first-order valence-electron chi connectivity index (χ1n) is 10.4. The molecule has 0 aliphatic heterocycles. The first-order valence-corrected chi connectivity index (χ1v) is 11.9. The Morgan fingerprint density at radius 2 is 1.32 bits per heavy atom. The Morgan fingerprint density at radius 3 is 1.75 bits per heavy atom. The van der Waals surface area contributed by atoms with Crippen molar-refractivity contribution in [2.75, 3.05) is 13.2 Å². The van der Waals surface area contributed by atoms with E-state index in [-0.39, 0.29) is 25.0 Å². The topological polar surface area (TPSA) is 107 Å². The Morgan fingerprint density at radius 1 is 0.857 bits per heavy atom. The molecule has 0 aliphatic carbocycles. The number of esters is 2. The van der Waals surface area contributed by atoms with Crippen molar-refractivity contribution < 1.29 is 32.0 Å². The minimum atomic E-state index is -4.76. The molecule has 0 spiro atoms. The van der Waals surface area contributed by atoms with E-state index in [1.54, 1.807) is 0 Å². The summed E-state index contributed by atoms with van der Waals surface area (Å²) in [5, 5.41) is -1.95. The second-order valence-electron chi connectivity index (χ2n) is 7.72. The minimum Gasteiger partial charge on any atom is -0.465 e.